The van der Waals surface area contributed by atoms with E-state index >= 15 is 0 Å². The molecule has 1 atom stereocenters. The Morgan fingerprint density at radius 2 is 1.54 bits per heavy atom. The number of nitrogens with one attached hydrogen (secondary N) is 2. The Morgan fingerprint density at radius 3 is 2.18 bits per heavy atom. The molecule has 4 N–H and O–H groups in total. The third-order valence-electron chi connectivity index (χ3n) is 8.31. The van der Waals surface area contributed by atoms with E-state index in [1.54, 1.807) is 7.11 Å². The molecule has 0 radical (unpaired) electrons. The molecule has 50 heavy (non-hydrogen) atoms. The van der Waals surface area contributed by atoms with Crippen LogP contribution in [0.2, 0.25) is 0 Å². The number of carbonyl (C=O) groups is 2. The Balaban J connectivity index is 1.68. The van der Waals surface area contributed by atoms with Crippen LogP contribution in [-0.4, -0.2) is 149 Å². The highest BCUT2D eigenvalue weighted by atomic mass is 16.5. The van der Waals surface area contributed by atoms with Crippen molar-refractivity contribution in [3.63, 3.8) is 0 Å². The number of rotatable bonds is 27. The second-order valence-corrected chi connectivity index (χ2v) is 15.1. The maximum absolute atomic E-state index is 13.3. The zero-order valence-electron chi connectivity index (χ0n) is 32.1. The first-order chi connectivity index (χ1) is 23.9. The van der Waals surface area contributed by atoms with Crippen molar-refractivity contribution in [3.8, 4) is 0 Å². The van der Waals surface area contributed by atoms with Gasteiger partial charge in [-0.3, -0.25) is 20.9 Å². The normalized spacial score (nSPS) is 15.6. The number of carbonyl (C=O) groups excluding carboxylic acids is 2. The number of hydrazine groups is 1. The lowest BCUT2D eigenvalue weighted by atomic mass is 9.92. The summed E-state index contributed by atoms with van der Waals surface area (Å²) in [6, 6.07) is 0. The second kappa shape index (κ2) is 24.1. The van der Waals surface area contributed by atoms with Crippen molar-refractivity contribution in [2.45, 2.75) is 85.3 Å². The maximum Gasteiger partial charge on any atom is 0.222 e. The highest BCUT2D eigenvalue weighted by molar-refractivity contribution is 5.79. The van der Waals surface area contributed by atoms with Gasteiger partial charge in [0.15, 0.2) is 0 Å². The number of nitrogens with zero attached hydrogens (tertiary/aromatic N) is 5. The van der Waals surface area contributed by atoms with Gasteiger partial charge in [0.05, 0.1) is 63.7 Å². The Kier molecular flexibility index (Phi) is 21.2. The summed E-state index contributed by atoms with van der Waals surface area (Å²) >= 11 is 0. The monoisotopic (exact) mass is 713 g/mol. The maximum atomic E-state index is 13.3. The van der Waals surface area contributed by atoms with E-state index in [9.17, 15) is 9.59 Å². The molecule has 1 aromatic heterocycles. The van der Waals surface area contributed by atoms with Gasteiger partial charge in [-0.15, -0.1) is 5.10 Å². The second-order valence-electron chi connectivity index (χ2n) is 15.1. The minimum Gasteiger partial charge on any atom is -0.380 e. The highest BCUT2D eigenvalue weighted by Crippen LogP contribution is 2.24. The number of hydrogen-bond acceptors (Lipinski definition) is 12. The number of aromatic nitrogens is 3. The highest BCUT2D eigenvalue weighted by Gasteiger charge is 2.29. The van der Waals surface area contributed by atoms with Gasteiger partial charge < -0.3 is 38.8 Å². The Morgan fingerprint density at radius 1 is 0.900 bits per heavy atom. The van der Waals surface area contributed by atoms with Crippen LogP contribution in [0.15, 0.2) is 0 Å². The summed E-state index contributed by atoms with van der Waals surface area (Å²) in [5.41, 5.74) is 4.45. The summed E-state index contributed by atoms with van der Waals surface area (Å²) < 4.78 is 30.4. The molecule has 0 aliphatic carbocycles. The van der Waals surface area contributed by atoms with Crippen molar-refractivity contribution in [1.82, 2.24) is 35.5 Å². The predicted octanol–water partition coefficient (Wildman–Crippen LogP) is 1.43. The Hall–Kier alpha value is -2.24. The topological polar surface area (TPSA) is 168 Å². The van der Waals surface area contributed by atoms with Gasteiger partial charge in [-0.25, -0.2) is 4.68 Å². The Bertz CT molecular complexity index is 1090. The molecule has 1 aliphatic heterocycles. The van der Waals surface area contributed by atoms with Crippen LogP contribution in [0.25, 0.3) is 0 Å². The minimum absolute atomic E-state index is 0.0301. The molecule has 2 rings (SSSR count). The summed E-state index contributed by atoms with van der Waals surface area (Å²) in [4.78, 5) is 29.7. The molecular weight excluding hydrogens is 644 g/mol. The summed E-state index contributed by atoms with van der Waals surface area (Å²) in [5, 5.41) is 12.0. The van der Waals surface area contributed by atoms with Gasteiger partial charge in [-0.2, -0.15) is 0 Å². The van der Waals surface area contributed by atoms with Crippen LogP contribution in [-0.2, 0) is 52.7 Å². The van der Waals surface area contributed by atoms with Crippen molar-refractivity contribution < 1.29 is 33.3 Å². The molecule has 2 heterocycles. The molecule has 0 spiro atoms. The molecule has 0 aromatic carbocycles. The van der Waals surface area contributed by atoms with Gasteiger partial charge in [0.25, 0.3) is 0 Å². The van der Waals surface area contributed by atoms with Crippen molar-refractivity contribution >= 4 is 11.8 Å². The van der Waals surface area contributed by atoms with Gasteiger partial charge in [-0.1, -0.05) is 32.9 Å². The van der Waals surface area contributed by atoms with Gasteiger partial charge in [-0.05, 0) is 33.4 Å². The molecule has 290 valence electrons. The summed E-state index contributed by atoms with van der Waals surface area (Å²) in [5.74, 6) is 5.18. The lowest BCUT2D eigenvalue weighted by Gasteiger charge is -2.31. The lowest BCUT2D eigenvalue weighted by Crippen LogP contribution is -2.42. The van der Waals surface area contributed by atoms with E-state index in [-0.39, 0.29) is 28.7 Å². The van der Waals surface area contributed by atoms with Crippen LogP contribution in [0.4, 0.5) is 0 Å². The molecule has 1 aliphatic rings. The quantitative estimate of drug-likeness (QED) is 0.0684. The van der Waals surface area contributed by atoms with Crippen molar-refractivity contribution in [2.75, 3.05) is 107 Å². The van der Waals surface area contributed by atoms with Gasteiger partial charge in [0, 0.05) is 89.6 Å². The van der Waals surface area contributed by atoms with E-state index in [4.69, 9.17) is 29.5 Å². The van der Waals surface area contributed by atoms with Gasteiger partial charge in [0.2, 0.25) is 11.8 Å². The van der Waals surface area contributed by atoms with Crippen LogP contribution >= 0.6 is 0 Å². The molecule has 15 nitrogen and oxygen atoms in total. The fourth-order valence-electron chi connectivity index (χ4n) is 5.99. The zero-order valence-corrected chi connectivity index (χ0v) is 32.1. The first-order valence-corrected chi connectivity index (χ1v) is 18.2. The summed E-state index contributed by atoms with van der Waals surface area (Å²) in [7, 11) is 5.83. The number of methoxy groups -OCH3 is 1. The van der Waals surface area contributed by atoms with Gasteiger partial charge >= 0.3 is 0 Å². The Labute approximate surface area is 300 Å². The SMILES string of the molecule is COC1Cc2nnn(CC(C)(C)COCC(C)(C)CN(C)C)c2CCN(C(=O)CCCC(=O)NCCCOCCOCCOCCCNN)C1. The fourth-order valence-corrected chi connectivity index (χ4v) is 5.99. The van der Waals surface area contributed by atoms with E-state index in [2.05, 4.69) is 67.7 Å². The van der Waals surface area contributed by atoms with Crippen molar-refractivity contribution in [2.24, 2.45) is 16.7 Å². The van der Waals surface area contributed by atoms with Crippen LogP contribution < -0.4 is 16.6 Å². The average Bonchev–Trinajstić information content (AvgIpc) is 3.38. The fraction of sp³-hybridized carbons (Fsp3) is 0.886. The number of nitrogens with two attached hydrogens (primary N) is 1. The lowest BCUT2D eigenvalue weighted by molar-refractivity contribution is -0.133. The summed E-state index contributed by atoms with van der Waals surface area (Å²) in [6.45, 7) is 17.3. The van der Waals surface area contributed by atoms with Crippen LogP contribution in [0.1, 0.15) is 71.2 Å². The van der Waals surface area contributed by atoms with Crippen LogP contribution in [0.5, 0.6) is 0 Å². The number of amides is 2. The van der Waals surface area contributed by atoms with E-state index in [1.807, 2.05) is 9.58 Å². The third-order valence-corrected chi connectivity index (χ3v) is 8.31. The molecule has 1 unspecified atom stereocenters. The van der Waals surface area contributed by atoms with E-state index in [0.29, 0.717) is 118 Å². The molecule has 0 saturated heterocycles. The molecule has 15 heteroatoms. The van der Waals surface area contributed by atoms with E-state index in [1.165, 1.54) is 0 Å². The number of ether oxygens (including phenoxy) is 5. The largest absolute Gasteiger partial charge is 0.380 e. The van der Waals surface area contributed by atoms with Crippen molar-refractivity contribution in [3.05, 3.63) is 11.4 Å². The molecule has 2 amide bonds. The van der Waals surface area contributed by atoms with Crippen LogP contribution in [0.3, 0.4) is 0 Å². The summed E-state index contributed by atoms with van der Waals surface area (Å²) in [6.07, 6.45) is 3.75. The molecular formula is C35H68N8O7. The van der Waals surface area contributed by atoms with E-state index < -0.39 is 0 Å². The first-order valence-electron chi connectivity index (χ1n) is 18.2. The smallest absolute Gasteiger partial charge is 0.222 e. The zero-order chi connectivity index (χ0) is 36.8. The number of fused-ring (bicyclic) bond motifs is 1. The minimum atomic E-state index is -0.181. The molecule has 0 fully saturated rings. The predicted molar refractivity (Wildman–Crippen MR) is 192 cm³/mol. The molecule has 0 saturated carbocycles. The van der Waals surface area contributed by atoms with E-state index in [0.717, 1.165) is 30.9 Å². The van der Waals surface area contributed by atoms with Crippen LogP contribution in [0, 0.1) is 10.8 Å². The standard InChI is InChI=1S/C35H68N8O7/c1-34(2,25-41(5)6)27-50-28-35(3,4)26-43-31-13-16-42(24-29(46-7)23-30(31)39-40-43)33(45)12-8-11-32(44)37-14-9-17-47-19-21-49-22-20-48-18-10-15-38-36/h29,38H,8-28,36H2,1-7H3,(H,37,44). The average molecular weight is 713 g/mol. The first kappa shape index (κ1) is 43.9. The van der Waals surface area contributed by atoms with Gasteiger partial charge in [0.1, 0.15) is 0 Å². The third kappa shape index (κ3) is 18.8. The van der Waals surface area contributed by atoms with Crippen molar-refractivity contribution in [1.29, 1.82) is 0 Å². The number of hydrogen-bond donors (Lipinski definition) is 3. The molecule has 0 bridgehead atoms. The molecule has 1 aromatic rings.